The van der Waals surface area contributed by atoms with Crippen LogP contribution in [0.25, 0.3) is 0 Å². The van der Waals surface area contributed by atoms with Crippen LogP contribution in [0.5, 0.6) is 23.0 Å². The highest BCUT2D eigenvalue weighted by Crippen LogP contribution is 2.63. The fourth-order valence-corrected chi connectivity index (χ4v) is 8.97. The third kappa shape index (κ3) is 5.00. The molecule has 5 aromatic carbocycles. The largest absolute Gasteiger partial charge is 0.456 e. The third-order valence-electron chi connectivity index (χ3n) is 11.2. The highest BCUT2D eigenvalue weighted by molar-refractivity contribution is 6.32. The number of nitrogens with zero attached hydrogens (tertiary/aromatic N) is 1. The van der Waals surface area contributed by atoms with E-state index in [4.69, 9.17) is 45.2 Å². The van der Waals surface area contributed by atoms with Crippen molar-refractivity contribution in [2.45, 2.75) is 50.4 Å². The van der Waals surface area contributed by atoms with Crippen LogP contribution >= 0.6 is 11.6 Å². The summed E-state index contributed by atoms with van der Waals surface area (Å²) >= 11 is 6.76. The lowest BCUT2D eigenvalue weighted by molar-refractivity contribution is -0.415. The molecular formula is C44H28ClNO13. The molecule has 1 spiro atoms. The van der Waals surface area contributed by atoms with Crippen LogP contribution in [0.3, 0.4) is 0 Å². The maximum absolute atomic E-state index is 14.1. The Bertz CT molecular complexity index is 2750. The minimum atomic E-state index is -1.97. The van der Waals surface area contributed by atoms with E-state index in [1.807, 2.05) is 55.5 Å². The molecule has 11 rings (SSSR count). The zero-order valence-electron chi connectivity index (χ0n) is 31.2. The molecule has 2 bridgehead atoms. The van der Waals surface area contributed by atoms with Gasteiger partial charge in [-0.05, 0) is 48.4 Å². The van der Waals surface area contributed by atoms with E-state index >= 15 is 0 Å². The van der Waals surface area contributed by atoms with Crippen molar-refractivity contribution in [2.75, 3.05) is 0 Å². The number of hydroxylamine groups is 2. The first-order chi connectivity index (χ1) is 28.3. The Morgan fingerprint density at radius 1 is 0.644 bits per heavy atom. The van der Waals surface area contributed by atoms with Gasteiger partial charge in [0.1, 0.15) is 17.2 Å². The number of ether oxygens (including phenoxy) is 4. The first-order valence-electron chi connectivity index (χ1n) is 18.4. The van der Waals surface area contributed by atoms with E-state index in [1.54, 1.807) is 6.07 Å². The lowest BCUT2D eigenvalue weighted by Crippen LogP contribution is -2.52. The maximum atomic E-state index is 14.1. The highest BCUT2D eigenvalue weighted by Gasteiger charge is 2.61. The van der Waals surface area contributed by atoms with E-state index in [9.17, 15) is 28.8 Å². The lowest BCUT2D eigenvalue weighted by Gasteiger charge is -2.52. The Balaban J connectivity index is 1.26. The number of benzene rings is 5. The summed E-state index contributed by atoms with van der Waals surface area (Å²) < 4.78 is 24.3. The minimum Gasteiger partial charge on any atom is -0.456 e. The van der Waals surface area contributed by atoms with Crippen LogP contribution in [-0.2, 0) is 55.3 Å². The molecule has 1 atom stereocenters. The zero-order chi connectivity index (χ0) is 41.2. The third-order valence-corrected chi connectivity index (χ3v) is 11.5. The predicted molar refractivity (Wildman–Crippen MR) is 200 cm³/mol. The molecule has 0 aromatic heterocycles. The summed E-state index contributed by atoms with van der Waals surface area (Å²) in [6.07, 6.45) is -0.235. The van der Waals surface area contributed by atoms with Crippen LogP contribution in [0.4, 0.5) is 0 Å². The summed E-state index contributed by atoms with van der Waals surface area (Å²) in [6, 6.07) is 25.0. The van der Waals surface area contributed by atoms with Crippen LogP contribution in [0, 0.1) is 0 Å². The van der Waals surface area contributed by atoms with Gasteiger partial charge in [-0.2, -0.15) is 0 Å². The van der Waals surface area contributed by atoms with Gasteiger partial charge >= 0.3 is 23.9 Å². The van der Waals surface area contributed by atoms with Crippen molar-refractivity contribution in [3.63, 3.8) is 0 Å². The molecule has 0 N–H and O–H groups in total. The smallest absolute Gasteiger partial charge is 0.363 e. The minimum absolute atomic E-state index is 0.00422. The fourth-order valence-electron chi connectivity index (χ4n) is 8.77. The number of esters is 3. The summed E-state index contributed by atoms with van der Waals surface area (Å²) in [4.78, 5) is 95.5. The van der Waals surface area contributed by atoms with E-state index in [-0.39, 0.29) is 74.2 Å². The summed E-state index contributed by atoms with van der Waals surface area (Å²) in [5.41, 5.74) is -1.01. The molecule has 15 heteroatoms. The molecule has 5 aromatic rings. The van der Waals surface area contributed by atoms with E-state index in [0.29, 0.717) is 16.2 Å². The van der Waals surface area contributed by atoms with Gasteiger partial charge in [-0.25, -0.2) is 19.4 Å². The average Bonchev–Trinajstić information content (AvgIpc) is 3.69. The van der Waals surface area contributed by atoms with Gasteiger partial charge in [0.05, 0.1) is 16.1 Å². The van der Waals surface area contributed by atoms with Gasteiger partial charge < -0.3 is 23.8 Å². The van der Waals surface area contributed by atoms with Gasteiger partial charge in [-0.1, -0.05) is 60.1 Å². The molecule has 294 valence electrons. The molecule has 14 nitrogen and oxygen atoms in total. The number of carbonyl (C=O) groups excluding carboxylic acids is 6. The first kappa shape index (κ1) is 36.5. The van der Waals surface area contributed by atoms with E-state index in [0.717, 1.165) is 11.1 Å². The van der Waals surface area contributed by atoms with Gasteiger partial charge in [0.15, 0.2) is 22.6 Å². The topological polar surface area (TPSA) is 170 Å². The van der Waals surface area contributed by atoms with E-state index in [1.165, 1.54) is 50.2 Å². The molecule has 1 fully saturated rings. The SMILES string of the molecule is CC(=O)Oc1cc2c(cc1Cl)C1(OC(=O)c3ccc(C(=O)ON4C(=O)CCC4=O)cc31)c1cc(C34OOC(C)(c5ccccc53)c3ccccc34)c(OC(C)=O)cc1O2. The van der Waals surface area contributed by atoms with Crippen LogP contribution in [0.2, 0.25) is 5.02 Å². The van der Waals surface area contributed by atoms with E-state index < -0.39 is 52.5 Å². The predicted octanol–water partition coefficient (Wildman–Crippen LogP) is 6.81. The number of hydrogen-bond acceptors (Lipinski definition) is 13. The highest BCUT2D eigenvalue weighted by atomic mass is 35.5. The van der Waals surface area contributed by atoms with Crippen molar-refractivity contribution in [1.29, 1.82) is 0 Å². The molecule has 6 aliphatic rings. The Labute approximate surface area is 338 Å². The summed E-state index contributed by atoms with van der Waals surface area (Å²) in [6.45, 7) is 4.33. The summed E-state index contributed by atoms with van der Waals surface area (Å²) in [5.74, 6) is -4.56. The number of carbonyl (C=O) groups is 6. The molecular weight excluding hydrogens is 786 g/mol. The number of hydrogen-bond donors (Lipinski definition) is 0. The maximum Gasteiger partial charge on any atom is 0.363 e. The summed E-state index contributed by atoms with van der Waals surface area (Å²) in [7, 11) is 0. The normalized spacial score (nSPS) is 22.7. The number of halogens is 1. The standard InChI is InChI=1S/C44H28ClNO13/c1-21(47)53-34-19-35-30(17-31(34)44-27-10-6-4-8-25(27)42(3,58-59-44)26-9-5-7-11-28(26)44)43(32-18-33(45)37(54-22(2)48)20-36(32)55-35)29-16-23(12-13-24(29)41(52)56-43)40(51)57-46-38(49)14-15-39(46)50/h4-13,16-20H,14-15H2,1-3H3. The molecule has 5 heterocycles. The number of fused-ring (bicyclic) bond motifs is 7. The van der Waals surface area contributed by atoms with Crippen LogP contribution in [0.1, 0.15) is 98.8 Å². The van der Waals surface area contributed by atoms with Crippen molar-refractivity contribution in [2.24, 2.45) is 0 Å². The second kappa shape index (κ2) is 12.6. The second-order valence-electron chi connectivity index (χ2n) is 14.7. The Hall–Kier alpha value is -6.87. The zero-order valence-corrected chi connectivity index (χ0v) is 32.0. The van der Waals surface area contributed by atoms with Crippen molar-refractivity contribution in [1.82, 2.24) is 5.06 Å². The molecule has 0 radical (unpaired) electrons. The van der Waals surface area contributed by atoms with E-state index in [2.05, 4.69) is 0 Å². The Kier molecular flexibility index (Phi) is 7.77. The molecule has 1 aliphatic carbocycles. The fraction of sp³-hybridized carbons (Fsp3) is 0.182. The number of rotatable bonds is 5. The quantitative estimate of drug-likeness (QED) is 0.0786. The molecule has 0 saturated carbocycles. The van der Waals surface area contributed by atoms with Crippen molar-refractivity contribution >= 4 is 47.3 Å². The second-order valence-corrected chi connectivity index (χ2v) is 15.1. The van der Waals surface area contributed by atoms with Gasteiger partial charge in [0.25, 0.3) is 11.8 Å². The van der Waals surface area contributed by atoms with Gasteiger partial charge in [-0.3, -0.25) is 19.2 Å². The Morgan fingerprint density at radius 3 is 1.85 bits per heavy atom. The van der Waals surface area contributed by atoms with Crippen molar-refractivity contribution in [3.05, 3.63) is 152 Å². The van der Waals surface area contributed by atoms with Gasteiger partial charge in [0, 0.05) is 72.2 Å². The molecule has 1 saturated heterocycles. The van der Waals surface area contributed by atoms with Crippen LogP contribution in [0.15, 0.2) is 91.0 Å². The van der Waals surface area contributed by atoms with Crippen molar-refractivity contribution < 1.29 is 62.3 Å². The average molecular weight is 814 g/mol. The van der Waals surface area contributed by atoms with Crippen molar-refractivity contribution in [3.8, 4) is 23.0 Å². The number of amides is 2. The first-order valence-corrected chi connectivity index (χ1v) is 18.7. The lowest BCUT2D eigenvalue weighted by atomic mass is 9.64. The molecule has 59 heavy (non-hydrogen) atoms. The molecule has 5 aliphatic heterocycles. The van der Waals surface area contributed by atoms with Gasteiger partial charge in [-0.15, -0.1) is 5.06 Å². The van der Waals surface area contributed by atoms with Crippen LogP contribution < -0.4 is 14.2 Å². The Morgan fingerprint density at radius 2 is 1.22 bits per heavy atom. The van der Waals surface area contributed by atoms with Gasteiger partial charge in [0.2, 0.25) is 0 Å². The monoisotopic (exact) mass is 813 g/mol. The van der Waals surface area contributed by atoms with Crippen LogP contribution in [-0.4, -0.2) is 40.8 Å². The summed E-state index contributed by atoms with van der Waals surface area (Å²) in [5, 5.41) is 0.368. The molecule has 2 amide bonds. The number of imide groups is 1. The molecule has 1 unspecified atom stereocenters.